The van der Waals surface area contributed by atoms with Gasteiger partial charge in [-0.15, -0.1) is 11.3 Å². The van der Waals surface area contributed by atoms with Crippen LogP contribution in [0.15, 0.2) is 47.8 Å². The Labute approximate surface area is 168 Å². The monoisotopic (exact) mass is 398 g/mol. The number of aromatic nitrogens is 1. The van der Waals surface area contributed by atoms with Gasteiger partial charge in [0.25, 0.3) is 0 Å². The van der Waals surface area contributed by atoms with Gasteiger partial charge in [-0.3, -0.25) is 9.69 Å². The lowest BCUT2D eigenvalue weighted by molar-refractivity contribution is -0.117. The van der Waals surface area contributed by atoms with Crippen LogP contribution >= 0.6 is 11.3 Å². The third-order valence-corrected chi connectivity index (χ3v) is 5.13. The van der Waals surface area contributed by atoms with Gasteiger partial charge in [0.15, 0.2) is 16.6 Å². The Morgan fingerprint density at radius 3 is 2.29 bits per heavy atom. The zero-order valence-electron chi connectivity index (χ0n) is 16.3. The summed E-state index contributed by atoms with van der Waals surface area (Å²) < 4.78 is 16.3. The molecule has 0 N–H and O–H groups in total. The smallest absolute Gasteiger partial charge is 0.237 e. The minimum Gasteiger partial charge on any atom is -0.493 e. The number of anilines is 2. The topological polar surface area (TPSA) is 60.9 Å². The van der Waals surface area contributed by atoms with Crippen molar-refractivity contribution in [2.24, 2.45) is 0 Å². The molecule has 3 rings (SSSR count). The van der Waals surface area contributed by atoms with Gasteiger partial charge in [-0.2, -0.15) is 0 Å². The van der Waals surface area contributed by atoms with E-state index in [1.807, 2.05) is 48.7 Å². The van der Waals surface area contributed by atoms with Gasteiger partial charge in [-0.25, -0.2) is 4.98 Å². The molecule has 1 amide bonds. The van der Waals surface area contributed by atoms with Crippen molar-refractivity contribution in [1.82, 2.24) is 4.98 Å². The number of hydrogen-bond acceptors (Lipinski definition) is 6. The first-order chi connectivity index (χ1) is 13.6. The highest BCUT2D eigenvalue weighted by molar-refractivity contribution is 7.14. The molecule has 7 heteroatoms. The Balaban J connectivity index is 1.99. The largest absolute Gasteiger partial charge is 0.493 e. The van der Waals surface area contributed by atoms with Gasteiger partial charge in [0.2, 0.25) is 11.7 Å². The molecule has 0 radical (unpaired) electrons. The minimum absolute atomic E-state index is 0.119. The number of nitrogens with zero attached hydrogens (tertiary/aromatic N) is 2. The SMILES string of the molecule is COc1ccc(CC(=O)N(c2ccccc2)c2nc(C)cs2)c(OC)c1OC. The summed E-state index contributed by atoms with van der Waals surface area (Å²) in [6.07, 6.45) is 0.122. The van der Waals surface area contributed by atoms with Gasteiger partial charge in [-0.1, -0.05) is 24.3 Å². The molecule has 3 aromatic rings. The Morgan fingerprint density at radius 1 is 1.00 bits per heavy atom. The van der Waals surface area contributed by atoms with Crippen LogP contribution in [0.5, 0.6) is 17.2 Å². The van der Waals surface area contributed by atoms with Crippen molar-refractivity contribution in [2.45, 2.75) is 13.3 Å². The summed E-state index contributed by atoms with van der Waals surface area (Å²) in [4.78, 5) is 19.4. The van der Waals surface area contributed by atoms with Crippen LogP contribution in [0.3, 0.4) is 0 Å². The highest BCUT2D eigenvalue weighted by Gasteiger charge is 2.24. The molecule has 0 fully saturated rings. The fraction of sp³-hybridized carbons (Fsp3) is 0.238. The Kier molecular flexibility index (Phi) is 6.16. The Hall–Kier alpha value is -3.06. The summed E-state index contributed by atoms with van der Waals surface area (Å²) in [5.41, 5.74) is 2.35. The Morgan fingerprint density at radius 2 is 1.71 bits per heavy atom. The maximum Gasteiger partial charge on any atom is 0.237 e. The van der Waals surface area contributed by atoms with E-state index in [0.717, 1.165) is 11.4 Å². The Bertz CT molecular complexity index is 956. The standard InChI is InChI=1S/C21H22N2O4S/c1-14-13-28-21(22-14)23(16-8-6-5-7-9-16)18(24)12-15-10-11-17(25-2)20(27-4)19(15)26-3/h5-11,13H,12H2,1-4H3. The van der Waals surface area contributed by atoms with Gasteiger partial charge < -0.3 is 14.2 Å². The zero-order chi connectivity index (χ0) is 20.1. The summed E-state index contributed by atoms with van der Waals surface area (Å²) in [6.45, 7) is 1.91. The highest BCUT2D eigenvalue weighted by Crippen LogP contribution is 2.40. The zero-order valence-corrected chi connectivity index (χ0v) is 17.1. The van der Waals surface area contributed by atoms with E-state index in [1.54, 1.807) is 32.3 Å². The van der Waals surface area contributed by atoms with Crippen LogP contribution in [0.1, 0.15) is 11.3 Å². The van der Waals surface area contributed by atoms with E-state index in [0.29, 0.717) is 27.9 Å². The number of ether oxygens (including phenoxy) is 3. The first kappa shape index (κ1) is 19.7. The summed E-state index contributed by atoms with van der Waals surface area (Å²) >= 11 is 1.43. The molecule has 0 unspecified atom stereocenters. The van der Waals surface area contributed by atoms with Gasteiger partial charge in [0.1, 0.15) is 0 Å². The lowest BCUT2D eigenvalue weighted by Crippen LogP contribution is -2.27. The second-order valence-corrected chi connectivity index (χ2v) is 6.84. The van der Waals surface area contributed by atoms with Gasteiger partial charge in [-0.05, 0) is 25.1 Å². The molecule has 1 heterocycles. The quantitative estimate of drug-likeness (QED) is 0.591. The molecular formula is C21H22N2O4S. The summed E-state index contributed by atoms with van der Waals surface area (Å²) in [5, 5.41) is 2.56. The molecule has 2 aromatic carbocycles. The fourth-order valence-electron chi connectivity index (χ4n) is 2.93. The molecule has 0 aliphatic rings. The van der Waals surface area contributed by atoms with Crippen LogP contribution in [0.4, 0.5) is 10.8 Å². The van der Waals surface area contributed by atoms with Crippen molar-refractivity contribution in [1.29, 1.82) is 0 Å². The van der Waals surface area contributed by atoms with Crippen LogP contribution in [-0.2, 0) is 11.2 Å². The second-order valence-electron chi connectivity index (χ2n) is 6.01. The summed E-state index contributed by atoms with van der Waals surface area (Å²) in [7, 11) is 4.65. The van der Waals surface area contributed by atoms with E-state index >= 15 is 0 Å². The number of para-hydroxylation sites is 1. The van der Waals surface area contributed by atoms with E-state index in [1.165, 1.54) is 11.3 Å². The molecule has 1 aromatic heterocycles. The van der Waals surface area contributed by atoms with Crippen LogP contribution in [0, 0.1) is 6.92 Å². The van der Waals surface area contributed by atoms with Crippen LogP contribution < -0.4 is 19.1 Å². The number of amides is 1. The average molecular weight is 398 g/mol. The van der Waals surface area contributed by atoms with Crippen molar-refractivity contribution in [3.05, 3.63) is 59.1 Å². The second kappa shape index (κ2) is 8.75. The predicted octanol–water partition coefficient (Wildman–Crippen LogP) is 4.38. The van der Waals surface area contributed by atoms with Crippen LogP contribution in [0.2, 0.25) is 0 Å². The first-order valence-corrected chi connectivity index (χ1v) is 9.55. The number of aryl methyl sites for hydroxylation is 1. The molecule has 0 spiro atoms. The van der Waals surface area contributed by atoms with Crippen molar-refractivity contribution >= 4 is 28.1 Å². The van der Waals surface area contributed by atoms with Gasteiger partial charge in [0.05, 0.1) is 39.1 Å². The van der Waals surface area contributed by atoms with Crippen LogP contribution in [-0.4, -0.2) is 32.2 Å². The predicted molar refractivity (Wildman–Crippen MR) is 110 cm³/mol. The van der Waals surface area contributed by atoms with E-state index < -0.39 is 0 Å². The maximum atomic E-state index is 13.3. The molecular weight excluding hydrogens is 376 g/mol. The maximum absolute atomic E-state index is 13.3. The highest BCUT2D eigenvalue weighted by atomic mass is 32.1. The molecule has 28 heavy (non-hydrogen) atoms. The van der Waals surface area contributed by atoms with Crippen LogP contribution in [0.25, 0.3) is 0 Å². The van der Waals surface area contributed by atoms with Crippen molar-refractivity contribution in [3.63, 3.8) is 0 Å². The number of carbonyl (C=O) groups excluding carboxylic acids is 1. The van der Waals surface area contributed by atoms with E-state index in [2.05, 4.69) is 4.98 Å². The third kappa shape index (κ3) is 3.94. The molecule has 0 aliphatic carbocycles. The third-order valence-electron chi connectivity index (χ3n) is 4.19. The number of hydrogen-bond donors (Lipinski definition) is 0. The molecule has 0 aliphatic heterocycles. The average Bonchev–Trinajstić information content (AvgIpc) is 3.14. The van der Waals surface area contributed by atoms with Crippen molar-refractivity contribution in [2.75, 3.05) is 26.2 Å². The fourth-order valence-corrected chi connectivity index (χ4v) is 3.76. The number of benzene rings is 2. The van der Waals surface area contributed by atoms with Gasteiger partial charge in [0, 0.05) is 10.9 Å². The number of methoxy groups -OCH3 is 3. The van der Waals surface area contributed by atoms with E-state index in [-0.39, 0.29) is 12.3 Å². The molecule has 6 nitrogen and oxygen atoms in total. The van der Waals surface area contributed by atoms with Gasteiger partial charge >= 0.3 is 0 Å². The summed E-state index contributed by atoms with van der Waals surface area (Å²) in [5.74, 6) is 1.38. The lowest BCUT2D eigenvalue weighted by Gasteiger charge is -2.21. The molecule has 146 valence electrons. The van der Waals surface area contributed by atoms with E-state index in [9.17, 15) is 4.79 Å². The van der Waals surface area contributed by atoms with E-state index in [4.69, 9.17) is 14.2 Å². The first-order valence-electron chi connectivity index (χ1n) is 8.67. The number of carbonyl (C=O) groups is 1. The summed E-state index contributed by atoms with van der Waals surface area (Å²) in [6, 6.07) is 13.1. The molecule has 0 bridgehead atoms. The molecule has 0 atom stereocenters. The number of thiazole rings is 1. The minimum atomic E-state index is -0.119. The molecule has 0 saturated carbocycles. The normalized spacial score (nSPS) is 10.4. The lowest BCUT2D eigenvalue weighted by atomic mass is 10.1. The van der Waals surface area contributed by atoms with Crippen molar-refractivity contribution < 1.29 is 19.0 Å². The molecule has 0 saturated heterocycles. The number of rotatable bonds is 7. The van der Waals surface area contributed by atoms with Crippen molar-refractivity contribution in [3.8, 4) is 17.2 Å².